The first kappa shape index (κ1) is 19.2. The summed E-state index contributed by atoms with van der Waals surface area (Å²) in [6.07, 6.45) is -0.789. The summed E-state index contributed by atoms with van der Waals surface area (Å²) in [5.74, 6) is 0.650. The van der Waals surface area contributed by atoms with Crippen molar-refractivity contribution in [3.05, 3.63) is 58.1 Å². The number of carbonyl (C=O) groups excluding carboxylic acids is 1. The average Bonchev–Trinajstić information content (AvgIpc) is 2.72. The van der Waals surface area contributed by atoms with Gasteiger partial charge in [0, 0.05) is 12.1 Å². The molecule has 28 heavy (non-hydrogen) atoms. The lowest BCUT2D eigenvalue weighted by Gasteiger charge is -2.16. The van der Waals surface area contributed by atoms with Crippen molar-refractivity contribution in [3.8, 4) is 17.2 Å². The van der Waals surface area contributed by atoms with Gasteiger partial charge in [0.2, 0.25) is 0 Å². The number of aromatic amines is 1. The smallest absolute Gasteiger partial charge is 0.342 e. The molecule has 0 radical (unpaired) electrons. The highest BCUT2D eigenvalue weighted by Crippen LogP contribution is 2.35. The van der Waals surface area contributed by atoms with E-state index in [-0.39, 0.29) is 22.7 Å². The molecule has 0 aliphatic rings. The third-order valence-corrected chi connectivity index (χ3v) is 4.23. The Kier molecular flexibility index (Phi) is 5.49. The Bertz CT molecular complexity index is 1080. The number of para-hydroxylation sites is 1. The zero-order chi connectivity index (χ0) is 20.3. The maximum absolute atomic E-state index is 12.7. The lowest BCUT2D eigenvalue weighted by atomic mass is 10.1. The molecular weight excluding hydrogens is 364 g/mol. The third-order valence-electron chi connectivity index (χ3n) is 4.23. The van der Waals surface area contributed by atoms with Gasteiger partial charge in [-0.1, -0.05) is 12.1 Å². The van der Waals surface area contributed by atoms with Crippen LogP contribution in [0.15, 0.2) is 41.2 Å². The van der Waals surface area contributed by atoms with Crippen LogP contribution in [0.4, 0.5) is 0 Å². The molecule has 0 aliphatic heterocycles. The summed E-state index contributed by atoms with van der Waals surface area (Å²) in [5, 5.41) is 0.464. The highest BCUT2D eigenvalue weighted by atomic mass is 16.5. The minimum absolute atomic E-state index is 0.162. The number of H-pyrrole nitrogens is 1. The van der Waals surface area contributed by atoms with Crippen molar-refractivity contribution < 1.29 is 23.7 Å². The van der Waals surface area contributed by atoms with Crippen molar-refractivity contribution in [3.63, 3.8) is 0 Å². The number of aromatic nitrogens is 2. The summed E-state index contributed by atoms with van der Waals surface area (Å²) in [4.78, 5) is 32.0. The molecule has 0 spiro atoms. The lowest BCUT2D eigenvalue weighted by molar-refractivity contribution is 0.0316. The Morgan fingerprint density at radius 3 is 2.32 bits per heavy atom. The molecule has 3 rings (SSSR count). The van der Waals surface area contributed by atoms with Crippen LogP contribution in [0.5, 0.6) is 17.2 Å². The van der Waals surface area contributed by atoms with Gasteiger partial charge in [0.05, 0.1) is 32.2 Å². The van der Waals surface area contributed by atoms with Crippen LogP contribution >= 0.6 is 0 Å². The summed E-state index contributed by atoms with van der Waals surface area (Å²) in [6.45, 7) is 1.62. The molecule has 1 heterocycles. The summed E-state index contributed by atoms with van der Waals surface area (Å²) in [6, 6.07) is 9.95. The van der Waals surface area contributed by atoms with Gasteiger partial charge >= 0.3 is 5.97 Å². The van der Waals surface area contributed by atoms with Crippen LogP contribution in [0.25, 0.3) is 10.9 Å². The van der Waals surface area contributed by atoms with Gasteiger partial charge in [0.25, 0.3) is 5.56 Å². The molecule has 8 nitrogen and oxygen atoms in total. The first-order chi connectivity index (χ1) is 13.5. The SMILES string of the molecule is COc1cc(OC)c(C(=O)O[C@@H](C)c2nc3ccccc3c(=O)[nH]2)cc1OC. The maximum atomic E-state index is 12.7. The number of esters is 1. The first-order valence-corrected chi connectivity index (χ1v) is 8.48. The highest BCUT2D eigenvalue weighted by molar-refractivity contribution is 5.93. The van der Waals surface area contributed by atoms with Crippen molar-refractivity contribution in [2.45, 2.75) is 13.0 Å². The molecule has 8 heteroatoms. The summed E-state index contributed by atoms with van der Waals surface area (Å²) in [5.41, 5.74) is 0.384. The van der Waals surface area contributed by atoms with E-state index in [1.54, 1.807) is 31.2 Å². The number of methoxy groups -OCH3 is 3. The number of nitrogens with one attached hydrogen (secondary N) is 1. The van der Waals surface area contributed by atoms with E-state index >= 15 is 0 Å². The molecule has 1 aromatic heterocycles. The third kappa shape index (κ3) is 3.62. The van der Waals surface area contributed by atoms with Crippen LogP contribution in [-0.4, -0.2) is 37.3 Å². The van der Waals surface area contributed by atoms with Gasteiger partial charge in [-0.25, -0.2) is 9.78 Å². The minimum Gasteiger partial charge on any atom is -0.496 e. The molecule has 146 valence electrons. The summed E-state index contributed by atoms with van der Waals surface area (Å²) < 4.78 is 21.2. The van der Waals surface area contributed by atoms with E-state index in [1.807, 2.05) is 0 Å². The van der Waals surface area contributed by atoms with Crippen LogP contribution in [0.2, 0.25) is 0 Å². The Labute approximate surface area is 161 Å². The molecule has 0 saturated heterocycles. The van der Waals surface area contributed by atoms with E-state index in [0.717, 1.165) is 0 Å². The maximum Gasteiger partial charge on any atom is 0.342 e. The molecule has 1 atom stereocenters. The van der Waals surface area contributed by atoms with E-state index in [0.29, 0.717) is 22.4 Å². The number of benzene rings is 2. The molecule has 0 unspecified atom stereocenters. The second kappa shape index (κ2) is 7.99. The number of fused-ring (bicyclic) bond motifs is 1. The standard InChI is InChI=1S/C20H20N2O6/c1-11(18-21-14-8-6-5-7-12(14)19(23)22-18)28-20(24)13-9-16(26-3)17(27-4)10-15(13)25-2/h5-11H,1-4H3,(H,21,22,23)/t11-/m0/s1. The second-order valence-electron chi connectivity index (χ2n) is 5.92. The fraction of sp³-hybridized carbons (Fsp3) is 0.250. The van der Waals surface area contributed by atoms with Gasteiger partial charge in [-0.2, -0.15) is 0 Å². The van der Waals surface area contributed by atoms with Gasteiger partial charge in [0.15, 0.2) is 23.4 Å². The Morgan fingerprint density at radius 1 is 1.00 bits per heavy atom. The average molecular weight is 384 g/mol. The Balaban J connectivity index is 1.92. The van der Waals surface area contributed by atoms with Crippen LogP contribution in [0, 0.1) is 0 Å². The number of carbonyl (C=O) groups is 1. The van der Waals surface area contributed by atoms with Gasteiger partial charge in [-0.15, -0.1) is 0 Å². The zero-order valence-electron chi connectivity index (χ0n) is 15.9. The number of hydrogen-bond acceptors (Lipinski definition) is 7. The highest BCUT2D eigenvalue weighted by Gasteiger charge is 2.22. The predicted octanol–water partition coefficient (Wildman–Crippen LogP) is 2.87. The lowest BCUT2D eigenvalue weighted by Crippen LogP contribution is -2.18. The zero-order valence-corrected chi connectivity index (χ0v) is 15.9. The molecule has 0 bridgehead atoms. The van der Waals surface area contributed by atoms with Gasteiger partial charge in [-0.05, 0) is 19.1 Å². The number of rotatable bonds is 6. The number of hydrogen-bond donors (Lipinski definition) is 1. The Morgan fingerprint density at radius 2 is 1.64 bits per heavy atom. The van der Waals surface area contributed by atoms with Crippen molar-refractivity contribution in [1.29, 1.82) is 0 Å². The van der Waals surface area contributed by atoms with E-state index in [4.69, 9.17) is 18.9 Å². The summed E-state index contributed by atoms with van der Waals surface area (Å²) in [7, 11) is 4.38. The minimum atomic E-state index is -0.789. The van der Waals surface area contributed by atoms with Crippen LogP contribution in [0.3, 0.4) is 0 Å². The van der Waals surface area contributed by atoms with Crippen molar-refractivity contribution in [2.24, 2.45) is 0 Å². The molecule has 2 aromatic carbocycles. The largest absolute Gasteiger partial charge is 0.496 e. The van der Waals surface area contributed by atoms with E-state index in [2.05, 4.69) is 9.97 Å². The molecule has 0 saturated carbocycles. The predicted molar refractivity (Wildman–Crippen MR) is 102 cm³/mol. The monoisotopic (exact) mass is 384 g/mol. The molecule has 0 amide bonds. The fourth-order valence-corrected chi connectivity index (χ4v) is 2.77. The van der Waals surface area contributed by atoms with Gasteiger partial charge in [-0.3, -0.25) is 4.79 Å². The van der Waals surface area contributed by atoms with Gasteiger partial charge in [0.1, 0.15) is 11.3 Å². The van der Waals surface area contributed by atoms with E-state index < -0.39 is 12.1 Å². The van der Waals surface area contributed by atoms with Crippen LogP contribution < -0.4 is 19.8 Å². The quantitative estimate of drug-likeness (QED) is 0.652. The number of nitrogens with zero attached hydrogens (tertiary/aromatic N) is 1. The fourth-order valence-electron chi connectivity index (χ4n) is 2.77. The van der Waals surface area contributed by atoms with Crippen LogP contribution in [0.1, 0.15) is 29.2 Å². The van der Waals surface area contributed by atoms with E-state index in [1.165, 1.54) is 33.5 Å². The molecular formula is C20H20N2O6. The van der Waals surface area contributed by atoms with E-state index in [9.17, 15) is 9.59 Å². The molecule has 3 aromatic rings. The van der Waals surface area contributed by atoms with Crippen molar-refractivity contribution in [2.75, 3.05) is 21.3 Å². The normalized spacial score (nSPS) is 11.7. The molecule has 0 aliphatic carbocycles. The Hall–Kier alpha value is -3.55. The second-order valence-corrected chi connectivity index (χ2v) is 5.92. The van der Waals surface area contributed by atoms with Gasteiger partial charge < -0.3 is 23.9 Å². The van der Waals surface area contributed by atoms with Crippen molar-refractivity contribution >= 4 is 16.9 Å². The number of ether oxygens (including phenoxy) is 4. The molecule has 0 fully saturated rings. The van der Waals surface area contributed by atoms with Crippen molar-refractivity contribution in [1.82, 2.24) is 9.97 Å². The van der Waals surface area contributed by atoms with Crippen LogP contribution in [-0.2, 0) is 4.74 Å². The molecule has 1 N–H and O–H groups in total. The topological polar surface area (TPSA) is 99.7 Å². The first-order valence-electron chi connectivity index (χ1n) is 8.48. The summed E-state index contributed by atoms with van der Waals surface area (Å²) >= 11 is 0.